The van der Waals surface area contributed by atoms with Crippen molar-refractivity contribution >= 4 is 11.6 Å². The van der Waals surface area contributed by atoms with Gasteiger partial charge in [0, 0.05) is 11.1 Å². The monoisotopic (exact) mass is 401 g/mol. The van der Waals surface area contributed by atoms with Gasteiger partial charge < -0.3 is 19.3 Å². The zero-order valence-electron chi connectivity index (χ0n) is 16.2. The van der Waals surface area contributed by atoms with Crippen molar-refractivity contribution in [3.05, 3.63) is 78.9 Å². The number of nitrogens with zero attached hydrogens (tertiary/aromatic N) is 2. The molecule has 30 heavy (non-hydrogen) atoms. The van der Waals surface area contributed by atoms with Crippen LogP contribution in [0.4, 0.5) is 5.69 Å². The van der Waals surface area contributed by atoms with Gasteiger partial charge in [0.05, 0.1) is 12.8 Å². The number of aromatic nitrogens is 2. The maximum atomic E-state index is 12.2. The van der Waals surface area contributed by atoms with Crippen LogP contribution in [0.25, 0.3) is 22.8 Å². The number of hydrogen-bond donors (Lipinski definition) is 1. The molecule has 3 aromatic carbocycles. The van der Waals surface area contributed by atoms with Crippen LogP contribution in [0, 0.1) is 0 Å². The highest BCUT2D eigenvalue weighted by atomic mass is 16.5. The van der Waals surface area contributed by atoms with E-state index in [0.717, 1.165) is 11.1 Å². The second-order valence-electron chi connectivity index (χ2n) is 6.35. The van der Waals surface area contributed by atoms with Crippen molar-refractivity contribution < 1.29 is 18.8 Å². The molecule has 0 saturated carbocycles. The third-order valence-corrected chi connectivity index (χ3v) is 4.31. The van der Waals surface area contributed by atoms with E-state index < -0.39 is 0 Å². The van der Waals surface area contributed by atoms with Crippen LogP contribution in [0.15, 0.2) is 83.4 Å². The van der Waals surface area contributed by atoms with Gasteiger partial charge in [0.2, 0.25) is 5.82 Å². The highest BCUT2D eigenvalue weighted by molar-refractivity contribution is 5.93. The van der Waals surface area contributed by atoms with E-state index in [4.69, 9.17) is 14.0 Å². The molecule has 4 aromatic rings. The molecule has 0 radical (unpaired) electrons. The lowest BCUT2D eigenvalue weighted by Crippen LogP contribution is -2.20. The largest absolute Gasteiger partial charge is 0.495 e. The van der Waals surface area contributed by atoms with E-state index in [2.05, 4.69) is 15.5 Å². The Morgan fingerprint density at radius 3 is 2.43 bits per heavy atom. The van der Waals surface area contributed by atoms with Crippen LogP contribution in [0.2, 0.25) is 0 Å². The van der Waals surface area contributed by atoms with Crippen LogP contribution < -0.4 is 14.8 Å². The molecule has 7 nitrogen and oxygen atoms in total. The molecule has 1 heterocycles. The van der Waals surface area contributed by atoms with E-state index in [1.54, 1.807) is 43.5 Å². The van der Waals surface area contributed by atoms with Gasteiger partial charge >= 0.3 is 0 Å². The molecule has 0 aliphatic rings. The maximum Gasteiger partial charge on any atom is 0.262 e. The number of hydrogen-bond acceptors (Lipinski definition) is 6. The quantitative estimate of drug-likeness (QED) is 0.493. The minimum atomic E-state index is -0.284. The van der Waals surface area contributed by atoms with Crippen molar-refractivity contribution in [3.8, 4) is 34.3 Å². The highest BCUT2D eigenvalue weighted by Gasteiger charge is 2.11. The molecular formula is C23H19N3O4. The topological polar surface area (TPSA) is 86.5 Å². The molecule has 0 aliphatic heterocycles. The molecule has 1 amide bonds. The van der Waals surface area contributed by atoms with Gasteiger partial charge in [-0.25, -0.2) is 0 Å². The van der Waals surface area contributed by atoms with Crippen LogP contribution in [0.5, 0.6) is 11.5 Å². The summed E-state index contributed by atoms with van der Waals surface area (Å²) in [4.78, 5) is 16.6. The Hall–Kier alpha value is -4.13. The van der Waals surface area contributed by atoms with Crippen LogP contribution in [0.3, 0.4) is 0 Å². The van der Waals surface area contributed by atoms with Gasteiger partial charge in [-0.3, -0.25) is 4.79 Å². The van der Waals surface area contributed by atoms with Crippen LogP contribution >= 0.6 is 0 Å². The lowest BCUT2D eigenvalue weighted by Gasteiger charge is -2.10. The second-order valence-corrected chi connectivity index (χ2v) is 6.35. The molecule has 0 saturated heterocycles. The van der Waals surface area contributed by atoms with Crippen molar-refractivity contribution in [2.45, 2.75) is 0 Å². The predicted octanol–water partition coefficient (Wildman–Crippen LogP) is 4.43. The van der Waals surface area contributed by atoms with E-state index in [-0.39, 0.29) is 12.5 Å². The van der Waals surface area contributed by atoms with Crippen molar-refractivity contribution in [3.63, 3.8) is 0 Å². The van der Waals surface area contributed by atoms with Crippen molar-refractivity contribution in [2.75, 3.05) is 19.0 Å². The first-order chi connectivity index (χ1) is 14.7. The minimum Gasteiger partial charge on any atom is -0.495 e. The maximum absolute atomic E-state index is 12.2. The molecule has 0 unspecified atom stereocenters. The van der Waals surface area contributed by atoms with Gasteiger partial charge in [0.25, 0.3) is 11.8 Å². The van der Waals surface area contributed by atoms with Crippen LogP contribution in [0.1, 0.15) is 0 Å². The lowest BCUT2D eigenvalue weighted by atomic mass is 10.2. The Morgan fingerprint density at radius 2 is 1.67 bits per heavy atom. The first kappa shape index (κ1) is 19.2. The van der Waals surface area contributed by atoms with E-state index in [1.807, 2.05) is 42.5 Å². The van der Waals surface area contributed by atoms with Gasteiger partial charge in [0.1, 0.15) is 11.5 Å². The number of nitrogens with one attached hydrogen (secondary N) is 1. The lowest BCUT2D eigenvalue weighted by molar-refractivity contribution is -0.118. The average molecular weight is 401 g/mol. The Morgan fingerprint density at radius 1 is 0.933 bits per heavy atom. The van der Waals surface area contributed by atoms with E-state index in [0.29, 0.717) is 28.9 Å². The molecule has 0 bridgehead atoms. The van der Waals surface area contributed by atoms with Crippen molar-refractivity contribution in [1.82, 2.24) is 10.1 Å². The second kappa shape index (κ2) is 8.91. The Balaban J connectivity index is 1.36. The number of carbonyl (C=O) groups is 1. The van der Waals surface area contributed by atoms with Crippen molar-refractivity contribution in [1.29, 1.82) is 0 Å². The normalized spacial score (nSPS) is 10.4. The van der Waals surface area contributed by atoms with E-state index >= 15 is 0 Å². The van der Waals surface area contributed by atoms with Crippen LogP contribution in [-0.2, 0) is 4.79 Å². The number of ether oxygens (including phenoxy) is 2. The van der Waals surface area contributed by atoms with E-state index in [9.17, 15) is 4.79 Å². The summed E-state index contributed by atoms with van der Waals surface area (Å²) in [5, 5.41) is 6.78. The average Bonchev–Trinajstić information content (AvgIpc) is 3.29. The number of para-hydroxylation sites is 2. The summed E-state index contributed by atoms with van der Waals surface area (Å²) < 4.78 is 16.1. The summed E-state index contributed by atoms with van der Waals surface area (Å²) in [6, 6.07) is 23.9. The molecule has 1 aromatic heterocycles. The third-order valence-electron chi connectivity index (χ3n) is 4.31. The Bertz CT molecular complexity index is 1120. The van der Waals surface area contributed by atoms with Gasteiger partial charge in [-0.1, -0.05) is 47.6 Å². The Kier molecular flexibility index (Phi) is 5.70. The fraction of sp³-hybridized carbons (Fsp3) is 0.0870. The molecule has 0 atom stereocenters. The first-order valence-corrected chi connectivity index (χ1v) is 9.28. The standard InChI is InChI=1S/C23H19N3O4/c1-28-20-10-6-5-9-19(20)24-21(27)15-29-18-13-11-17(12-14-18)23-25-22(26-30-23)16-7-3-2-4-8-16/h2-14H,15H2,1H3,(H,24,27). The molecule has 1 N–H and O–H groups in total. The number of methoxy groups -OCH3 is 1. The van der Waals surface area contributed by atoms with Gasteiger partial charge in [0.15, 0.2) is 6.61 Å². The highest BCUT2D eigenvalue weighted by Crippen LogP contribution is 2.25. The molecule has 7 heteroatoms. The summed E-state index contributed by atoms with van der Waals surface area (Å²) >= 11 is 0. The van der Waals surface area contributed by atoms with Crippen LogP contribution in [-0.4, -0.2) is 29.8 Å². The number of rotatable bonds is 7. The fourth-order valence-corrected chi connectivity index (χ4v) is 2.82. The summed E-state index contributed by atoms with van der Waals surface area (Å²) in [5.74, 6) is 1.79. The number of anilines is 1. The number of benzene rings is 3. The summed E-state index contributed by atoms with van der Waals surface area (Å²) in [6.07, 6.45) is 0. The molecule has 4 rings (SSSR count). The zero-order chi connectivity index (χ0) is 20.8. The van der Waals surface area contributed by atoms with Gasteiger partial charge in [-0.05, 0) is 36.4 Å². The number of amides is 1. The smallest absolute Gasteiger partial charge is 0.262 e. The summed E-state index contributed by atoms with van der Waals surface area (Å²) in [6.45, 7) is -0.129. The molecule has 150 valence electrons. The summed E-state index contributed by atoms with van der Waals surface area (Å²) in [5.41, 5.74) is 2.23. The van der Waals surface area contributed by atoms with Gasteiger partial charge in [-0.2, -0.15) is 4.98 Å². The van der Waals surface area contributed by atoms with Crippen molar-refractivity contribution in [2.24, 2.45) is 0 Å². The SMILES string of the molecule is COc1ccccc1NC(=O)COc1ccc(-c2nc(-c3ccccc3)no2)cc1. The number of carbonyl (C=O) groups excluding carboxylic acids is 1. The predicted molar refractivity (Wildman–Crippen MR) is 112 cm³/mol. The minimum absolute atomic E-state index is 0.129. The summed E-state index contributed by atoms with van der Waals surface area (Å²) in [7, 11) is 1.55. The molecule has 0 aliphatic carbocycles. The first-order valence-electron chi connectivity index (χ1n) is 9.28. The molecule has 0 spiro atoms. The third kappa shape index (κ3) is 4.47. The molecule has 0 fully saturated rings. The van der Waals surface area contributed by atoms with Gasteiger partial charge in [-0.15, -0.1) is 0 Å². The fourth-order valence-electron chi connectivity index (χ4n) is 2.82. The van der Waals surface area contributed by atoms with E-state index in [1.165, 1.54) is 0 Å². The zero-order valence-corrected chi connectivity index (χ0v) is 16.2. The molecular weight excluding hydrogens is 382 g/mol. The Labute approximate surface area is 173 Å².